The number of carboxylic acids is 1. The van der Waals surface area contributed by atoms with Crippen LogP contribution in [0.25, 0.3) is 10.8 Å². The second-order valence-electron chi connectivity index (χ2n) is 5.33. The van der Waals surface area contributed by atoms with E-state index < -0.39 is 5.97 Å². The van der Waals surface area contributed by atoms with Crippen LogP contribution in [-0.2, 0) is 16.0 Å². The van der Waals surface area contributed by atoms with Crippen molar-refractivity contribution >= 4 is 22.7 Å². The lowest BCUT2D eigenvalue weighted by atomic mass is 10.00. The highest BCUT2D eigenvalue weighted by Gasteiger charge is 2.12. The van der Waals surface area contributed by atoms with Gasteiger partial charge in [0.15, 0.2) is 0 Å². The van der Waals surface area contributed by atoms with Crippen molar-refractivity contribution in [1.29, 1.82) is 0 Å². The van der Waals surface area contributed by atoms with Crippen molar-refractivity contribution in [3.8, 4) is 0 Å². The van der Waals surface area contributed by atoms with Crippen LogP contribution in [0.5, 0.6) is 0 Å². The van der Waals surface area contributed by atoms with Gasteiger partial charge in [0, 0.05) is 12.8 Å². The molecule has 1 radical (unpaired) electrons. The van der Waals surface area contributed by atoms with E-state index >= 15 is 0 Å². The summed E-state index contributed by atoms with van der Waals surface area (Å²) in [5.41, 5.74) is 1.18. The van der Waals surface area contributed by atoms with Crippen LogP contribution in [-0.4, -0.2) is 23.1 Å². The Balaban J connectivity index is 2.16. The third-order valence-corrected chi connectivity index (χ3v) is 3.40. The number of carboxylic acid groups (broad SMARTS) is 1. The second kappa shape index (κ2) is 7.07. The van der Waals surface area contributed by atoms with Crippen LogP contribution >= 0.6 is 0 Å². The molecule has 0 aromatic heterocycles. The van der Waals surface area contributed by atoms with E-state index in [2.05, 4.69) is 6.07 Å². The number of rotatable bonds is 6. The van der Waals surface area contributed by atoms with Crippen LogP contribution in [0.2, 0.25) is 0 Å². The van der Waals surface area contributed by atoms with Crippen LogP contribution in [0, 0.1) is 6.07 Å². The third-order valence-electron chi connectivity index (χ3n) is 3.40. The van der Waals surface area contributed by atoms with E-state index in [9.17, 15) is 9.59 Å². The molecule has 0 aliphatic carbocycles. The minimum Gasteiger partial charge on any atom is -0.478 e. The molecule has 0 heterocycles. The summed E-state index contributed by atoms with van der Waals surface area (Å²) in [6.45, 7) is 3.80. The van der Waals surface area contributed by atoms with Gasteiger partial charge in [0.1, 0.15) is 6.10 Å². The second-order valence-corrected chi connectivity index (χ2v) is 5.33. The Bertz CT molecular complexity index is 691. The minimum absolute atomic E-state index is 0.173. The minimum atomic E-state index is -0.986. The number of carbonyl (C=O) groups is 2. The fourth-order valence-electron chi connectivity index (χ4n) is 2.44. The Morgan fingerprint density at radius 3 is 2.77 bits per heavy atom. The van der Waals surface area contributed by atoms with Gasteiger partial charge in [-0.3, -0.25) is 4.79 Å². The summed E-state index contributed by atoms with van der Waals surface area (Å²) >= 11 is 0. The fourth-order valence-corrected chi connectivity index (χ4v) is 2.44. The van der Waals surface area contributed by atoms with Gasteiger partial charge < -0.3 is 9.84 Å². The first-order valence-electron chi connectivity index (χ1n) is 7.37. The van der Waals surface area contributed by atoms with E-state index in [1.807, 2.05) is 32.0 Å². The number of aromatic carboxylic acids is 1. The topological polar surface area (TPSA) is 63.6 Å². The van der Waals surface area contributed by atoms with Gasteiger partial charge in [-0.2, -0.15) is 0 Å². The molecule has 1 atom stereocenters. The van der Waals surface area contributed by atoms with E-state index in [0.29, 0.717) is 18.2 Å². The van der Waals surface area contributed by atoms with Crippen molar-refractivity contribution in [3.63, 3.8) is 0 Å². The number of benzene rings is 2. The molecule has 1 N–H and O–H groups in total. The Morgan fingerprint density at radius 1 is 1.32 bits per heavy atom. The van der Waals surface area contributed by atoms with E-state index in [1.54, 1.807) is 12.1 Å². The molecular weight excluding hydrogens is 280 g/mol. The van der Waals surface area contributed by atoms with Crippen molar-refractivity contribution < 1.29 is 19.4 Å². The number of carbonyl (C=O) groups excluding carboxylic acids is 1. The van der Waals surface area contributed by atoms with Gasteiger partial charge in [0.25, 0.3) is 0 Å². The zero-order valence-electron chi connectivity index (χ0n) is 12.8. The Labute approximate surface area is 129 Å². The van der Waals surface area contributed by atoms with Crippen molar-refractivity contribution in [3.05, 3.63) is 47.5 Å². The fraction of sp³-hybridized carbons (Fsp3) is 0.333. The van der Waals surface area contributed by atoms with Gasteiger partial charge in [-0.1, -0.05) is 37.3 Å². The molecular formula is C18H19O4. The van der Waals surface area contributed by atoms with Crippen molar-refractivity contribution in [1.82, 2.24) is 0 Å². The largest absolute Gasteiger partial charge is 0.478 e. The quantitative estimate of drug-likeness (QED) is 0.828. The van der Waals surface area contributed by atoms with Gasteiger partial charge in [-0.25, -0.2) is 4.79 Å². The van der Waals surface area contributed by atoms with E-state index in [1.165, 1.54) is 0 Å². The predicted molar refractivity (Wildman–Crippen MR) is 83.9 cm³/mol. The van der Waals surface area contributed by atoms with Gasteiger partial charge >= 0.3 is 11.9 Å². The standard InChI is InChI=1S/C18H19O4/c1-3-5-17(19)22-12(2)10-13-8-9-15-14(11-13)6-4-7-16(15)18(20)21/h4,6,8-9,11-12H,3,5,10H2,1-2H3,(H,20,21). The molecule has 22 heavy (non-hydrogen) atoms. The van der Waals surface area contributed by atoms with Crippen LogP contribution in [0.15, 0.2) is 30.3 Å². The molecule has 2 aromatic rings. The summed E-state index contributed by atoms with van der Waals surface area (Å²) in [4.78, 5) is 22.7. The van der Waals surface area contributed by atoms with Crippen LogP contribution in [0.3, 0.4) is 0 Å². The number of ether oxygens (including phenoxy) is 1. The van der Waals surface area contributed by atoms with E-state index in [-0.39, 0.29) is 17.6 Å². The molecule has 0 fully saturated rings. The maximum atomic E-state index is 11.5. The zero-order valence-corrected chi connectivity index (χ0v) is 12.8. The van der Waals surface area contributed by atoms with Crippen molar-refractivity contribution in [2.75, 3.05) is 0 Å². The van der Waals surface area contributed by atoms with Crippen LogP contribution in [0.4, 0.5) is 0 Å². The Kier molecular flexibility index (Phi) is 5.15. The summed E-state index contributed by atoms with van der Waals surface area (Å²) in [5, 5.41) is 10.7. The average Bonchev–Trinajstić information content (AvgIpc) is 2.46. The van der Waals surface area contributed by atoms with Gasteiger partial charge in [-0.05, 0) is 35.7 Å². The molecule has 0 aliphatic rings. The van der Waals surface area contributed by atoms with E-state index in [4.69, 9.17) is 9.84 Å². The first-order valence-corrected chi connectivity index (χ1v) is 7.37. The number of hydrogen-bond donors (Lipinski definition) is 1. The molecule has 4 heteroatoms. The maximum Gasteiger partial charge on any atom is 0.336 e. The normalized spacial score (nSPS) is 12.1. The first-order chi connectivity index (χ1) is 10.5. The summed E-state index contributed by atoms with van der Waals surface area (Å²) in [6, 6.07) is 11.8. The monoisotopic (exact) mass is 299 g/mol. The smallest absolute Gasteiger partial charge is 0.336 e. The Morgan fingerprint density at radius 2 is 2.09 bits per heavy atom. The number of fused-ring (bicyclic) bond motifs is 1. The van der Waals surface area contributed by atoms with E-state index in [0.717, 1.165) is 17.4 Å². The highest BCUT2D eigenvalue weighted by molar-refractivity contribution is 6.03. The molecule has 0 amide bonds. The summed E-state index contributed by atoms with van der Waals surface area (Å²) < 4.78 is 5.33. The van der Waals surface area contributed by atoms with Crippen LogP contribution in [0.1, 0.15) is 42.6 Å². The summed E-state index contributed by atoms with van der Waals surface area (Å²) in [5.74, 6) is -1.17. The van der Waals surface area contributed by atoms with Gasteiger partial charge in [0.2, 0.25) is 0 Å². The lowest BCUT2D eigenvalue weighted by molar-refractivity contribution is -0.148. The molecule has 1 unspecified atom stereocenters. The molecule has 2 aromatic carbocycles. The third kappa shape index (κ3) is 3.85. The summed E-state index contributed by atoms with van der Waals surface area (Å²) in [7, 11) is 0. The van der Waals surface area contributed by atoms with Crippen LogP contribution < -0.4 is 0 Å². The zero-order chi connectivity index (χ0) is 16.1. The molecule has 4 nitrogen and oxygen atoms in total. The van der Waals surface area contributed by atoms with Gasteiger partial charge in [-0.15, -0.1) is 0 Å². The van der Waals surface area contributed by atoms with Crippen molar-refractivity contribution in [2.24, 2.45) is 0 Å². The maximum absolute atomic E-state index is 11.5. The average molecular weight is 299 g/mol. The summed E-state index contributed by atoms with van der Waals surface area (Å²) in [6.07, 6.45) is 1.60. The molecule has 0 spiro atoms. The molecule has 0 aliphatic heterocycles. The number of hydrogen-bond acceptors (Lipinski definition) is 3. The SMILES string of the molecule is CCCC(=O)OC(C)Cc1ccc2c(C(=O)O)[c]ccc2c1. The Hall–Kier alpha value is -2.36. The first kappa shape index (κ1) is 16.0. The molecule has 0 saturated heterocycles. The molecule has 115 valence electrons. The highest BCUT2D eigenvalue weighted by atomic mass is 16.5. The lowest BCUT2D eigenvalue weighted by Crippen LogP contribution is -2.17. The van der Waals surface area contributed by atoms with Gasteiger partial charge in [0.05, 0.1) is 5.56 Å². The highest BCUT2D eigenvalue weighted by Crippen LogP contribution is 2.21. The number of esters is 1. The molecule has 2 rings (SSSR count). The lowest BCUT2D eigenvalue weighted by Gasteiger charge is -2.13. The molecule has 0 bridgehead atoms. The predicted octanol–water partition coefficient (Wildman–Crippen LogP) is 3.61. The molecule has 0 saturated carbocycles. The van der Waals surface area contributed by atoms with Crippen molar-refractivity contribution in [2.45, 2.75) is 39.2 Å².